The number of hydrogen-bond donors (Lipinski definition) is 1. The van der Waals surface area contributed by atoms with E-state index in [0.29, 0.717) is 29.7 Å². The van der Waals surface area contributed by atoms with E-state index < -0.39 is 5.41 Å². The van der Waals surface area contributed by atoms with Crippen LogP contribution in [0, 0.1) is 5.41 Å². The molecule has 2 heterocycles. The number of tetrazole rings is 1. The van der Waals surface area contributed by atoms with Crippen LogP contribution in [-0.4, -0.2) is 50.5 Å². The molecule has 0 aliphatic heterocycles. The highest BCUT2D eigenvalue weighted by atomic mass is 16.6. The second kappa shape index (κ2) is 9.90. The van der Waals surface area contributed by atoms with Crippen LogP contribution in [0.3, 0.4) is 0 Å². The third-order valence-electron chi connectivity index (χ3n) is 4.42. The van der Waals surface area contributed by atoms with E-state index in [1.165, 1.54) is 4.68 Å². The molecule has 1 aromatic carbocycles. The number of methoxy groups -OCH3 is 1. The Morgan fingerprint density at radius 1 is 1.16 bits per heavy atom. The summed E-state index contributed by atoms with van der Waals surface area (Å²) in [7, 11) is 3.29. The number of amides is 1. The molecule has 0 atom stereocenters. The number of nitrogens with zero attached hydrogens (tertiary/aromatic N) is 6. The molecule has 3 aromatic rings. The van der Waals surface area contributed by atoms with E-state index in [4.69, 9.17) is 9.57 Å². The molecule has 2 aromatic heterocycles. The van der Waals surface area contributed by atoms with Crippen molar-refractivity contribution in [2.24, 2.45) is 17.6 Å². The van der Waals surface area contributed by atoms with Crippen molar-refractivity contribution in [3.8, 4) is 0 Å². The summed E-state index contributed by atoms with van der Waals surface area (Å²) in [5.74, 6) is 0.722. The lowest BCUT2D eigenvalue weighted by molar-refractivity contribution is -0.126. The van der Waals surface area contributed by atoms with Gasteiger partial charge in [-0.3, -0.25) is 4.79 Å². The molecule has 0 aliphatic carbocycles. The molecule has 0 fully saturated rings. The van der Waals surface area contributed by atoms with Crippen LogP contribution in [0.15, 0.2) is 53.7 Å². The van der Waals surface area contributed by atoms with E-state index in [0.717, 1.165) is 5.56 Å². The number of benzene rings is 1. The molecule has 0 unspecified atom stereocenters. The molecular formula is C21H25N7O3. The average Bonchev–Trinajstić information content (AvgIpc) is 3.17. The standard InChI is InChI=1S/C21H25N7O3/c1-21(2,14-30-4)20(29)23-17-12-8-11-16(22-17)13-31-25-18(15-9-6-5-7-10-15)19-24-26-27-28(19)3/h5-12H,13-14H2,1-4H3,(H,22,23,29)/b25-18-. The van der Waals surface area contributed by atoms with Crippen molar-refractivity contribution < 1.29 is 14.4 Å². The van der Waals surface area contributed by atoms with Gasteiger partial charge in [-0.1, -0.05) is 41.6 Å². The minimum absolute atomic E-state index is 0.104. The summed E-state index contributed by atoms with van der Waals surface area (Å²) in [5, 5.41) is 18.6. The summed E-state index contributed by atoms with van der Waals surface area (Å²) in [6, 6.07) is 14.8. The van der Waals surface area contributed by atoms with Crippen LogP contribution in [0.5, 0.6) is 0 Å². The van der Waals surface area contributed by atoms with E-state index in [2.05, 4.69) is 31.0 Å². The Morgan fingerprint density at radius 3 is 2.61 bits per heavy atom. The predicted octanol–water partition coefficient (Wildman–Crippen LogP) is 2.19. The maximum Gasteiger partial charge on any atom is 0.233 e. The first-order valence-corrected chi connectivity index (χ1v) is 9.65. The second-order valence-corrected chi connectivity index (χ2v) is 7.49. The number of rotatable bonds is 9. The predicted molar refractivity (Wildman–Crippen MR) is 114 cm³/mol. The average molecular weight is 423 g/mol. The molecule has 0 saturated heterocycles. The van der Waals surface area contributed by atoms with Gasteiger partial charge in [0.2, 0.25) is 11.7 Å². The zero-order valence-electron chi connectivity index (χ0n) is 17.9. The van der Waals surface area contributed by atoms with E-state index in [1.54, 1.807) is 46.2 Å². The summed E-state index contributed by atoms with van der Waals surface area (Å²) in [4.78, 5) is 22.4. The maximum absolute atomic E-state index is 12.5. The number of carbonyl (C=O) groups is 1. The van der Waals surface area contributed by atoms with Gasteiger partial charge in [-0.2, -0.15) is 0 Å². The second-order valence-electron chi connectivity index (χ2n) is 7.49. The Labute approximate surface area is 180 Å². The van der Waals surface area contributed by atoms with Crippen LogP contribution in [0.4, 0.5) is 5.82 Å². The Hall–Kier alpha value is -3.66. The molecule has 3 rings (SSSR count). The van der Waals surface area contributed by atoms with Gasteiger partial charge in [0, 0.05) is 19.7 Å². The molecule has 162 valence electrons. The summed E-state index contributed by atoms with van der Waals surface area (Å²) in [5.41, 5.74) is 1.24. The van der Waals surface area contributed by atoms with Gasteiger partial charge in [-0.15, -0.1) is 5.10 Å². The highest BCUT2D eigenvalue weighted by Crippen LogP contribution is 2.18. The van der Waals surface area contributed by atoms with Gasteiger partial charge in [0.25, 0.3) is 0 Å². The van der Waals surface area contributed by atoms with Crippen LogP contribution in [0.2, 0.25) is 0 Å². The third-order valence-corrected chi connectivity index (χ3v) is 4.42. The molecule has 0 aliphatic rings. The van der Waals surface area contributed by atoms with Crippen LogP contribution < -0.4 is 5.32 Å². The first-order valence-electron chi connectivity index (χ1n) is 9.65. The lowest BCUT2D eigenvalue weighted by atomic mass is 9.93. The Morgan fingerprint density at radius 2 is 1.94 bits per heavy atom. The first-order chi connectivity index (χ1) is 14.9. The minimum Gasteiger partial charge on any atom is -0.389 e. The van der Waals surface area contributed by atoms with E-state index in [-0.39, 0.29) is 12.5 Å². The zero-order chi connectivity index (χ0) is 22.3. The van der Waals surface area contributed by atoms with Crippen molar-refractivity contribution in [3.05, 3.63) is 65.6 Å². The van der Waals surface area contributed by atoms with Crippen molar-refractivity contribution in [1.82, 2.24) is 25.2 Å². The van der Waals surface area contributed by atoms with Crippen LogP contribution in [0.1, 0.15) is 30.9 Å². The Bertz CT molecular complexity index is 1050. The molecule has 0 radical (unpaired) electrons. The maximum atomic E-state index is 12.5. The number of aromatic nitrogens is 5. The van der Waals surface area contributed by atoms with Gasteiger partial charge < -0.3 is 14.9 Å². The highest BCUT2D eigenvalue weighted by Gasteiger charge is 2.27. The van der Waals surface area contributed by atoms with Crippen LogP contribution >= 0.6 is 0 Å². The first kappa shape index (κ1) is 22.0. The topological polar surface area (TPSA) is 116 Å². The van der Waals surface area contributed by atoms with Crippen molar-refractivity contribution in [1.29, 1.82) is 0 Å². The minimum atomic E-state index is -0.679. The number of nitrogens with one attached hydrogen (secondary N) is 1. The Kier molecular flexibility index (Phi) is 7.03. The van der Waals surface area contributed by atoms with E-state index in [1.807, 2.05) is 30.3 Å². The lowest BCUT2D eigenvalue weighted by Crippen LogP contribution is -2.34. The summed E-state index contributed by atoms with van der Waals surface area (Å²) in [6.45, 7) is 4.02. The largest absolute Gasteiger partial charge is 0.389 e. The molecular weight excluding hydrogens is 398 g/mol. The van der Waals surface area contributed by atoms with Crippen molar-refractivity contribution in [3.63, 3.8) is 0 Å². The smallest absolute Gasteiger partial charge is 0.233 e. The molecule has 0 spiro atoms. The van der Waals surface area contributed by atoms with Gasteiger partial charge in [0.1, 0.15) is 5.82 Å². The Balaban J connectivity index is 1.73. The number of aryl methyl sites for hydroxylation is 1. The molecule has 1 amide bonds. The zero-order valence-corrected chi connectivity index (χ0v) is 17.9. The SMILES string of the molecule is COCC(C)(C)C(=O)Nc1cccc(CO/N=C(/c2ccccc2)c2nnnn2C)n1. The number of pyridine rings is 1. The van der Waals surface area contributed by atoms with Gasteiger partial charge in [-0.25, -0.2) is 9.67 Å². The van der Waals surface area contributed by atoms with Crippen molar-refractivity contribution >= 4 is 17.4 Å². The van der Waals surface area contributed by atoms with Gasteiger partial charge in [0.05, 0.1) is 17.7 Å². The molecule has 1 N–H and O–H groups in total. The summed E-state index contributed by atoms with van der Waals surface area (Å²) < 4.78 is 6.63. The molecule has 31 heavy (non-hydrogen) atoms. The van der Waals surface area contributed by atoms with Crippen molar-refractivity contribution in [2.45, 2.75) is 20.5 Å². The third kappa shape index (κ3) is 5.70. The fraction of sp³-hybridized carbons (Fsp3) is 0.333. The summed E-state index contributed by atoms with van der Waals surface area (Å²) >= 11 is 0. The molecule has 10 nitrogen and oxygen atoms in total. The fourth-order valence-corrected chi connectivity index (χ4v) is 2.75. The monoisotopic (exact) mass is 423 g/mol. The molecule has 10 heteroatoms. The number of carbonyl (C=O) groups excluding carboxylic acids is 1. The van der Waals surface area contributed by atoms with Crippen LogP contribution in [0.25, 0.3) is 0 Å². The molecule has 0 bridgehead atoms. The van der Waals surface area contributed by atoms with Gasteiger partial charge in [0.15, 0.2) is 12.3 Å². The highest BCUT2D eigenvalue weighted by molar-refractivity contribution is 6.10. The summed E-state index contributed by atoms with van der Waals surface area (Å²) in [6.07, 6.45) is 0. The van der Waals surface area contributed by atoms with Gasteiger partial charge >= 0.3 is 0 Å². The number of ether oxygens (including phenoxy) is 1. The number of oxime groups is 1. The van der Waals surface area contributed by atoms with Crippen LogP contribution in [-0.2, 0) is 28.0 Å². The van der Waals surface area contributed by atoms with Crippen molar-refractivity contribution in [2.75, 3.05) is 19.0 Å². The normalized spacial score (nSPS) is 11.9. The fourth-order valence-electron chi connectivity index (χ4n) is 2.75. The molecule has 0 saturated carbocycles. The van der Waals surface area contributed by atoms with E-state index >= 15 is 0 Å². The van der Waals surface area contributed by atoms with E-state index in [9.17, 15) is 4.79 Å². The number of anilines is 1. The quantitative estimate of drug-likeness (QED) is 0.414. The van der Waals surface area contributed by atoms with Gasteiger partial charge in [-0.05, 0) is 36.4 Å². The lowest BCUT2D eigenvalue weighted by Gasteiger charge is -2.22. The number of hydrogen-bond acceptors (Lipinski definition) is 8.